The molecule has 0 saturated heterocycles. The maximum atomic E-state index is 12.3. The number of halogens is 1. The van der Waals surface area contributed by atoms with Crippen molar-refractivity contribution in [2.75, 3.05) is 6.61 Å². The topological polar surface area (TPSA) is 51.5 Å². The average molecular weight is 448 g/mol. The predicted molar refractivity (Wildman–Crippen MR) is 129 cm³/mol. The van der Waals surface area contributed by atoms with E-state index in [9.17, 15) is 9.90 Å². The molecule has 0 radical (unpaired) electrons. The highest BCUT2D eigenvalue weighted by molar-refractivity contribution is 6.32. The number of fused-ring (bicyclic) bond motifs is 1. The molecule has 0 aliphatic rings. The van der Waals surface area contributed by atoms with E-state index in [0.717, 1.165) is 43.9 Å². The maximum Gasteiger partial charge on any atom is 0.352 e. The second-order valence-corrected chi connectivity index (χ2v) is 8.42. The molecule has 4 rings (SSSR count). The van der Waals surface area contributed by atoms with Crippen molar-refractivity contribution in [2.24, 2.45) is 0 Å². The van der Waals surface area contributed by atoms with Gasteiger partial charge in [0.1, 0.15) is 11.4 Å². The number of benzene rings is 3. The molecule has 1 aromatic heterocycles. The molecule has 32 heavy (non-hydrogen) atoms. The van der Waals surface area contributed by atoms with Gasteiger partial charge in [0, 0.05) is 22.5 Å². The van der Waals surface area contributed by atoms with Gasteiger partial charge in [-0.15, -0.1) is 0 Å². The minimum absolute atomic E-state index is 0.355. The molecule has 0 spiro atoms. The van der Waals surface area contributed by atoms with Crippen LogP contribution in [0.1, 0.15) is 39.2 Å². The third kappa shape index (κ3) is 4.51. The molecule has 0 bridgehead atoms. The lowest BCUT2D eigenvalue weighted by Gasteiger charge is -2.11. The summed E-state index contributed by atoms with van der Waals surface area (Å²) in [6.45, 7) is 4.94. The van der Waals surface area contributed by atoms with E-state index in [2.05, 4.69) is 0 Å². The van der Waals surface area contributed by atoms with Gasteiger partial charge in [-0.05, 0) is 67.1 Å². The monoisotopic (exact) mass is 447 g/mol. The summed E-state index contributed by atoms with van der Waals surface area (Å²) in [6.07, 6.45) is 1.33. The van der Waals surface area contributed by atoms with Gasteiger partial charge in [-0.2, -0.15) is 0 Å². The van der Waals surface area contributed by atoms with Crippen LogP contribution in [0.15, 0.2) is 66.7 Å². The molecule has 0 amide bonds. The van der Waals surface area contributed by atoms with Crippen LogP contribution in [-0.2, 0) is 13.0 Å². The van der Waals surface area contributed by atoms with Crippen LogP contribution in [-0.4, -0.2) is 22.2 Å². The second kappa shape index (κ2) is 9.49. The smallest absolute Gasteiger partial charge is 0.352 e. The Hall–Kier alpha value is -3.24. The highest BCUT2D eigenvalue weighted by Gasteiger charge is 2.22. The zero-order chi connectivity index (χ0) is 22.7. The minimum Gasteiger partial charge on any atom is -0.494 e. The van der Waals surface area contributed by atoms with Gasteiger partial charge in [-0.25, -0.2) is 4.79 Å². The number of aromatic nitrogens is 1. The van der Waals surface area contributed by atoms with Crippen LogP contribution in [0.3, 0.4) is 0 Å². The van der Waals surface area contributed by atoms with Crippen molar-refractivity contribution in [2.45, 2.75) is 33.2 Å². The predicted octanol–water partition coefficient (Wildman–Crippen LogP) is 6.67. The summed E-state index contributed by atoms with van der Waals surface area (Å²) in [5, 5.41) is 11.8. The number of carboxylic acid groups (broad SMARTS) is 1. The van der Waals surface area contributed by atoms with Crippen molar-refractivity contribution in [1.82, 2.24) is 4.57 Å². The zero-order valence-electron chi connectivity index (χ0n) is 18.3. The molecule has 4 nitrogen and oxygen atoms in total. The number of rotatable bonds is 8. The van der Waals surface area contributed by atoms with Crippen molar-refractivity contribution in [1.29, 1.82) is 0 Å². The maximum absolute atomic E-state index is 12.3. The van der Waals surface area contributed by atoms with E-state index in [1.54, 1.807) is 0 Å². The van der Waals surface area contributed by atoms with E-state index in [1.807, 2.05) is 85.1 Å². The van der Waals surface area contributed by atoms with Gasteiger partial charge in [0.05, 0.1) is 6.61 Å². The summed E-state index contributed by atoms with van der Waals surface area (Å²) in [4.78, 5) is 12.3. The van der Waals surface area contributed by atoms with Crippen LogP contribution in [0.25, 0.3) is 10.9 Å². The van der Waals surface area contributed by atoms with Gasteiger partial charge in [-0.1, -0.05) is 60.1 Å². The van der Waals surface area contributed by atoms with Crippen LogP contribution in [0.2, 0.25) is 5.02 Å². The SMILES string of the molecule is Cc1cc(OCCCc2c(C(=O)O)n(Cc3ccccc3)c3ccccc23)cc(C)c1Cl. The molecular weight excluding hydrogens is 422 g/mol. The van der Waals surface area contributed by atoms with E-state index in [4.69, 9.17) is 16.3 Å². The highest BCUT2D eigenvalue weighted by Crippen LogP contribution is 2.29. The second-order valence-electron chi connectivity index (χ2n) is 8.04. The molecule has 0 saturated carbocycles. The lowest BCUT2D eigenvalue weighted by atomic mass is 10.1. The van der Waals surface area contributed by atoms with Crippen LogP contribution < -0.4 is 4.74 Å². The number of ether oxygens (including phenoxy) is 1. The zero-order valence-corrected chi connectivity index (χ0v) is 19.0. The van der Waals surface area contributed by atoms with E-state index >= 15 is 0 Å². The molecule has 0 unspecified atom stereocenters. The molecule has 0 aliphatic carbocycles. The molecule has 0 aliphatic heterocycles. The first-order valence-corrected chi connectivity index (χ1v) is 11.1. The molecule has 3 aromatic carbocycles. The Balaban J connectivity index is 1.58. The first-order chi connectivity index (χ1) is 15.5. The Labute approximate surface area is 193 Å². The molecule has 0 atom stereocenters. The Morgan fingerprint density at radius 1 is 1.00 bits per heavy atom. The first-order valence-electron chi connectivity index (χ1n) is 10.7. The summed E-state index contributed by atoms with van der Waals surface area (Å²) in [5.74, 6) is -0.119. The summed E-state index contributed by atoms with van der Waals surface area (Å²) in [5.41, 5.74) is 5.19. The highest BCUT2D eigenvalue weighted by atomic mass is 35.5. The number of aromatic carboxylic acids is 1. The largest absolute Gasteiger partial charge is 0.494 e. The number of carbonyl (C=O) groups is 1. The summed E-state index contributed by atoms with van der Waals surface area (Å²) in [6, 6.07) is 21.7. The van der Waals surface area contributed by atoms with Gasteiger partial charge in [0.2, 0.25) is 0 Å². The average Bonchev–Trinajstić information content (AvgIpc) is 3.09. The Morgan fingerprint density at radius 2 is 1.66 bits per heavy atom. The standard InChI is InChI=1S/C27H26ClNO3/c1-18-15-21(16-19(2)25(18)28)32-14-8-12-23-22-11-6-7-13-24(22)29(26(23)27(30)31)17-20-9-4-3-5-10-20/h3-7,9-11,13,15-16H,8,12,14,17H2,1-2H3,(H,30,31). The fourth-order valence-electron chi connectivity index (χ4n) is 4.23. The number of aryl methyl sites for hydroxylation is 3. The van der Waals surface area contributed by atoms with Crippen LogP contribution in [0.5, 0.6) is 5.75 Å². The molecule has 164 valence electrons. The third-order valence-corrected chi connectivity index (χ3v) is 6.31. The van der Waals surface area contributed by atoms with Crippen molar-refractivity contribution in [3.05, 3.63) is 99.7 Å². The Morgan fingerprint density at radius 3 is 2.34 bits per heavy atom. The van der Waals surface area contributed by atoms with Gasteiger partial charge in [-0.3, -0.25) is 0 Å². The van der Waals surface area contributed by atoms with Crippen molar-refractivity contribution in [3.63, 3.8) is 0 Å². The Bertz CT molecular complexity index is 1240. The fraction of sp³-hybridized carbons (Fsp3) is 0.222. The van der Waals surface area contributed by atoms with E-state index in [-0.39, 0.29) is 0 Å². The normalized spacial score (nSPS) is 11.1. The van der Waals surface area contributed by atoms with E-state index in [0.29, 0.717) is 31.7 Å². The van der Waals surface area contributed by atoms with Gasteiger partial charge in [0.15, 0.2) is 0 Å². The summed E-state index contributed by atoms with van der Waals surface area (Å²) in [7, 11) is 0. The van der Waals surface area contributed by atoms with Crippen molar-refractivity contribution >= 4 is 28.5 Å². The lowest BCUT2D eigenvalue weighted by molar-refractivity contribution is 0.0685. The molecule has 4 aromatic rings. The third-order valence-electron chi connectivity index (χ3n) is 5.71. The molecule has 1 N–H and O–H groups in total. The molecule has 1 heterocycles. The molecular formula is C27H26ClNO3. The lowest BCUT2D eigenvalue weighted by Crippen LogP contribution is -2.12. The Kier molecular flexibility index (Phi) is 6.52. The van der Waals surface area contributed by atoms with E-state index < -0.39 is 5.97 Å². The number of hydrogen-bond donors (Lipinski definition) is 1. The number of carboxylic acids is 1. The minimum atomic E-state index is -0.906. The fourth-order valence-corrected chi connectivity index (χ4v) is 4.34. The van der Waals surface area contributed by atoms with Gasteiger partial charge >= 0.3 is 5.97 Å². The number of nitrogens with zero attached hydrogens (tertiary/aromatic N) is 1. The summed E-state index contributed by atoms with van der Waals surface area (Å²) >= 11 is 6.24. The van der Waals surface area contributed by atoms with Crippen LogP contribution >= 0.6 is 11.6 Å². The quantitative estimate of drug-likeness (QED) is 0.307. The van der Waals surface area contributed by atoms with Crippen LogP contribution in [0, 0.1) is 13.8 Å². The van der Waals surface area contributed by atoms with E-state index in [1.165, 1.54) is 0 Å². The summed E-state index contributed by atoms with van der Waals surface area (Å²) < 4.78 is 7.86. The molecule has 0 fully saturated rings. The van der Waals surface area contributed by atoms with Crippen LogP contribution in [0.4, 0.5) is 0 Å². The molecule has 5 heteroatoms. The number of hydrogen-bond acceptors (Lipinski definition) is 2. The number of para-hydroxylation sites is 1. The van der Waals surface area contributed by atoms with Gasteiger partial charge in [0.25, 0.3) is 0 Å². The van der Waals surface area contributed by atoms with Crippen molar-refractivity contribution < 1.29 is 14.6 Å². The van der Waals surface area contributed by atoms with Gasteiger partial charge < -0.3 is 14.4 Å². The first kappa shape index (κ1) is 22.0. The van der Waals surface area contributed by atoms with Crippen molar-refractivity contribution in [3.8, 4) is 5.75 Å².